The van der Waals surface area contributed by atoms with Crippen molar-refractivity contribution >= 4 is 28.6 Å². The number of aromatic nitrogens is 2. The molecule has 0 amide bonds. The number of hydrogen-bond acceptors (Lipinski definition) is 4. The third-order valence-corrected chi connectivity index (χ3v) is 3.52. The highest BCUT2D eigenvalue weighted by Gasteiger charge is 2.12. The zero-order valence-electron chi connectivity index (χ0n) is 10.7. The summed E-state index contributed by atoms with van der Waals surface area (Å²) >= 11 is 2.21. The van der Waals surface area contributed by atoms with Gasteiger partial charge in [-0.25, -0.2) is 4.79 Å². The predicted octanol–water partition coefficient (Wildman–Crippen LogP) is 3.71. The molecule has 0 unspecified atom stereocenters. The lowest BCUT2D eigenvalue weighted by atomic mass is 10.1. The average molecular weight is 392 g/mol. The Hall–Kier alpha value is -2.22. The zero-order chi connectivity index (χ0) is 14.8. The monoisotopic (exact) mass is 392 g/mol. The molecule has 104 valence electrons. The van der Waals surface area contributed by atoms with Crippen LogP contribution in [0, 0.1) is 3.57 Å². The number of carboxylic acid groups (broad SMARTS) is 1. The molecular formula is C15H9IN2O3. The van der Waals surface area contributed by atoms with Gasteiger partial charge in [0.15, 0.2) is 0 Å². The molecule has 0 atom stereocenters. The first-order valence-electron chi connectivity index (χ1n) is 6.06. The summed E-state index contributed by atoms with van der Waals surface area (Å²) in [7, 11) is 0. The first-order valence-corrected chi connectivity index (χ1v) is 7.14. The van der Waals surface area contributed by atoms with E-state index in [0.29, 0.717) is 17.3 Å². The maximum absolute atomic E-state index is 11.0. The topological polar surface area (TPSA) is 76.2 Å². The van der Waals surface area contributed by atoms with Gasteiger partial charge in [-0.15, -0.1) is 10.2 Å². The number of halogens is 1. The van der Waals surface area contributed by atoms with Gasteiger partial charge >= 0.3 is 5.97 Å². The minimum Gasteiger partial charge on any atom is -0.478 e. The van der Waals surface area contributed by atoms with Crippen LogP contribution >= 0.6 is 22.6 Å². The van der Waals surface area contributed by atoms with Crippen LogP contribution < -0.4 is 0 Å². The average Bonchev–Trinajstić information content (AvgIpc) is 2.97. The summed E-state index contributed by atoms with van der Waals surface area (Å²) in [6.07, 6.45) is 0. The normalized spacial score (nSPS) is 10.5. The molecule has 0 aliphatic rings. The molecule has 1 N–H and O–H groups in total. The Kier molecular flexibility index (Phi) is 3.70. The highest BCUT2D eigenvalue weighted by atomic mass is 127. The summed E-state index contributed by atoms with van der Waals surface area (Å²) in [6, 6.07) is 14.1. The Morgan fingerprint density at radius 2 is 1.62 bits per heavy atom. The highest BCUT2D eigenvalue weighted by Crippen LogP contribution is 2.25. The number of nitrogens with zero attached hydrogens (tertiary/aromatic N) is 2. The number of aromatic carboxylic acids is 1. The van der Waals surface area contributed by atoms with Crippen LogP contribution in [0.5, 0.6) is 0 Å². The van der Waals surface area contributed by atoms with Crippen molar-refractivity contribution in [3.05, 3.63) is 57.7 Å². The van der Waals surface area contributed by atoms with Crippen LogP contribution in [0.3, 0.4) is 0 Å². The Labute approximate surface area is 133 Å². The Morgan fingerprint density at radius 3 is 2.24 bits per heavy atom. The molecule has 1 aromatic heterocycles. The lowest BCUT2D eigenvalue weighted by molar-refractivity contribution is 0.0697. The molecule has 21 heavy (non-hydrogen) atoms. The van der Waals surface area contributed by atoms with E-state index in [0.717, 1.165) is 9.13 Å². The summed E-state index contributed by atoms with van der Waals surface area (Å²) in [5, 5.41) is 17.0. The Morgan fingerprint density at radius 1 is 1.00 bits per heavy atom. The molecule has 0 saturated carbocycles. The quantitative estimate of drug-likeness (QED) is 0.688. The second-order valence-corrected chi connectivity index (χ2v) is 5.55. The second-order valence-electron chi connectivity index (χ2n) is 4.31. The van der Waals surface area contributed by atoms with Crippen LogP contribution in [0.15, 0.2) is 52.9 Å². The summed E-state index contributed by atoms with van der Waals surface area (Å²) in [6.45, 7) is 0. The van der Waals surface area contributed by atoms with E-state index in [1.54, 1.807) is 12.1 Å². The number of rotatable bonds is 3. The fourth-order valence-electron chi connectivity index (χ4n) is 1.86. The smallest absolute Gasteiger partial charge is 0.335 e. The van der Waals surface area contributed by atoms with Crippen molar-refractivity contribution in [3.8, 4) is 22.9 Å². The first kappa shape index (κ1) is 13.7. The molecule has 6 heteroatoms. The number of carboxylic acids is 1. The zero-order valence-corrected chi connectivity index (χ0v) is 12.8. The highest BCUT2D eigenvalue weighted by molar-refractivity contribution is 14.1. The number of hydrogen-bond donors (Lipinski definition) is 1. The molecule has 0 radical (unpaired) electrons. The van der Waals surface area contributed by atoms with E-state index in [2.05, 4.69) is 32.8 Å². The molecule has 3 aromatic rings. The van der Waals surface area contributed by atoms with Crippen molar-refractivity contribution in [2.75, 3.05) is 0 Å². The van der Waals surface area contributed by atoms with Gasteiger partial charge in [-0.3, -0.25) is 0 Å². The third-order valence-electron chi connectivity index (χ3n) is 2.85. The van der Waals surface area contributed by atoms with Gasteiger partial charge in [-0.1, -0.05) is 12.1 Å². The van der Waals surface area contributed by atoms with Gasteiger partial charge < -0.3 is 9.52 Å². The molecular weight excluding hydrogens is 383 g/mol. The summed E-state index contributed by atoms with van der Waals surface area (Å²) in [4.78, 5) is 11.0. The van der Waals surface area contributed by atoms with Crippen molar-refractivity contribution < 1.29 is 14.3 Å². The molecule has 0 spiro atoms. The van der Waals surface area contributed by atoms with E-state index in [1.165, 1.54) is 12.1 Å². The van der Waals surface area contributed by atoms with Gasteiger partial charge in [-0.05, 0) is 59.0 Å². The molecule has 3 rings (SSSR count). The van der Waals surface area contributed by atoms with Crippen molar-refractivity contribution in [1.29, 1.82) is 0 Å². The van der Waals surface area contributed by atoms with Gasteiger partial charge in [0.1, 0.15) is 0 Å². The summed E-state index contributed by atoms with van der Waals surface area (Å²) < 4.78 is 6.69. The van der Waals surface area contributed by atoms with Crippen LogP contribution in [0.2, 0.25) is 0 Å². The van der Waals surface area contributed by atoms with Gasteiger partial charge in [0.25, 0.3) is 0 Å². The molecule has 5 nitrogen and oxygen atoms in total. The third kappa shape index (κ3) is 2.94. The number of carbonyl (C=O) groups is 1. The SMILES string of the molecule is O=C(O)c1cccc(-c2nnc(-c3cccc(I)c3)o2)c1. The molecule has 1 heterocycles. The van der Waals surface area contributed by atoms with Gasteiger partial charge in [0.2, 0.25) is 11.8 Å². The molecule has 2 aromatic carbocycles. The molecule has 0 saturated heterocycles. The van der Waals surface area contributed by atoms with Crippen LogP contribution in [-0.2, 0) is 0 Å². The number of benzene rings is 2. The van der Waals surface area contributed by atoms with Crippen LogP contribution in [0.1, 0.15) is 10.4 Å². The summed E-state index contributed by atoms with van der Waals surface area (Å²) in [5.74, 6) is -0.287. The minimum absolute atomic E-state index is 0.182. The molecule has 0 bridgehead atoms. The molecule has 0 fully saturated rings. The van der Waals surface area contributed by atoms with Gasteiger partial charge in [-0.2, -0.15) is 0 Å². The standard InChI is InChI=1S/C15H9IN2O3/c16-12-6-2-4-10(8-12)14-18-17-13(21-14)9-3-1-5-11(7-9)15(19)20/h1-8H,(H,19,20). The van der Waals surface area contributed by atoms with E-state index in [9.17, 15) is 4.79 Å². The lowest BCUT2D eigenvalue weighted by Gasteiger charge is -1.98. The van der Waals surface area contributed by atoms with Crippen LogP contribution in [0.4, 0.5) is 0 Å². The largest absolute Gasteiger partial charge is 0.478 e. The van der Waals surface area contributed by atoms with E-state index in [-0.39, 0.29) is 5.56 Å². The van der Waals surface area contributed by atoms with Gasteiger partial charge in [0, 0.05) is 14.7 Å². The minimum atomic E-state index is -0.991. The lowest BCUT2D eigenvalue weighted by Crippen LogP contribution is -1.95. The predicted molar refractivity (Wildman–Crippen MR) is 84.8 cm³/mol. The van der Waals surface area contributed by atoms with E-state index < -0.39 is 5.97 Å². The van der Waals surface area contributed by atoms with E-state index in [1.807, 2.05) is 24.3 Å². The first-order chi connectivity index (χ1) is 10.1. The molecule has 0 aliphatic heterocycles. The van der Waals surface area contributed by atoms with Crippen molar-refractivity contribution in [2.45, 2.75) is 0 Å². The maximum Gasteiger partial charge on any atom is 0.335 e. The summed E-state index contributed by atoms with van der Waals surface area (Å²) in [5.41, 5.74) is 1.59. The molecule has 0 aliphatic carbocycles. The van der Waals surface area contributed by atoms with E-state index >= 15 is 0 Å². The fraction of sp³-hybridized carbons (Fsp3) is 0. The van der Waals surface area contributed by atoms with Gasteiger partial charge in [0.05, 0.1) is 5.56 Å². The fourth-order valence-corrected chi connectivity index (χ4v) is 2.41. The van der Waals surface area contributed by atoms with Crippen molar-refractivity contribution in [2.24, 2.45) is 0 Å². The maximum atomic E-state index is 11.0. The Bertz CT molecular complexity index is 814. The van der Waals surface area contributed by atoms with Crippen molar-refractivity contribution in [1.82, 2.24) is 10.2 Å². The second kappa shape index (κ2) is 5.65. The Balaban J connectivity index is 1.98. The van der Waals surface area contributed by atoms with Crippen LogP contribution in [0.25, 0.3) is 22.9 Å². The van der Waals surface area contributed by atoms with Crippen molar-refractivity contribution in [3.63, 3.8) is 0 Å². The van der Waals surface area contributed by atoms with Crippen LogP contribution in [-0.4, -0.2) is 21.3 Å². The van der Waals surface area contributed by atoms with E-state index in [4.69, 9.17) is 9.52 Å².